The predicted molar refractivity (Wildman–Crippen MR) is 56.6 cm³/mol. The van der Waals surface area contributed by atoms with Crippen LogP contribution < -0.4 is 5.32 Å². The van der Waals surface area contributed by atoms with Gasteiger partial charge in [-0.1, -0.05) is 13.3 Å². The molecule has 1 aromatic heterocycles. The lowest BCUT2D eigenvalue weighted by molar-refractivity contribution is 0.144. The monoisotopic (exact) mass is 211 g/mol. The second kappa shape index (κ2) is 6.86. The predicted octanol–water partition coefficient (Wildman–Crippen LogP) is 1.48. The van der Waals surface area contributed by atoms with Crippen molar-refractivity contribution in [3.05, 3.63) is 18.2 Å². The van der Waals surface area contributed by atoms with Crippen LogP contribution in [0.25, 0.3) is 0 Å². The minimum Gasteiger partial charge on any atom is -0.450 e. The highest BCUT2D eigenvalue weighted by molar-refractivity contribution is 5.67. The van der Waals surface area contributed by atoms with Crippen LogP contribution in [-0.2, 0) is 11.2 Å². The summed E-state index contributed by atoms with van der Waals surface area (Å²) >= 11 is 0. The lowest BCUT2D eigenvalue weighted by Gasteiger charge is -2.05. The minimum absolute atomic E-state index is 0.352. The number of unbranched alkanes of at least 4 members (excludes halogenated alkanes) is 1. The van der Waals surface area contributed by atoms with Gasteiger partial charge in [-0.05, 0) is 6.42 Å². The summed E-state index contributed by atoms with van der Waals surface area (Å²) in [5.41, 5.74) is 0. The van der Waals surface area contributed by atoms with Gasteiger partial charge in [0.15, 0.2) is 0 Å². The molecule has 0 aliphatic rings. The number of carbonyl (C=O) groups excluding carboxylic acids is 1. The molecule has 0 radical (unpaired) electrons. The van der Waals surface area contributed by atoms with E-state index in [0.29, 0.717) is 19.6 Å². The molecule has 2 N–H and O–H groups in total. The third kappa shape index (κ3) is 5.05. The standard InChI is InChI=1S/C10H17N3O2/c1-2-3-8-15-10(14)13-5-4-9-11-6-7-12-9/h6-7H,2-5,8H2,1H3,(H,11,12)(H,13,14). The molecule has 5 nitrogen and oxygen atoms in total. The summed E-state index contributed by atoms with van der Waals surface area (Å²) in [4.78, 5) is 18.1. The third-order valence-corrected chi connectivity index (χ3v) is 1.92. The first kappa shape index (κ1) is 11.6. The van der Waals surface area contributed by atoms with E-state index < -0.39 is 0 Å². The molecule has 1 aromatic rings. The molecule has 0 aliphatic heterocycles. The zero-order valence-electron chi connectivity index (χ0n) is 8.95. The van der Waals surface area contributed by atoms with Crippen LogP contribution >= 0.6 is 0 Å². The Hall–Kier alpha value is -1.52. The van der Waals surface area contributed by atoms with Crippen molar-refractivity contribution < 1.29 is 9.53 Å². The first-order valence-corrected chi connectivity index (χ1v) is 5.21. The van der Waals surface area contributed by atoms with Crippen molar-refractivity contribution in [2.75, 3.05) is 13.2 Å². The van der Waals surface area contributed by atoms with Gasteiger partial charge in [-0.15, -0.1) is 0 Å². The Balaban J connectivity index is 2.02. The number of amides is 1. The highest BCUT2D eigenvalue weighted by Gasteiger charge is 2.01. The fourth-order valence-electron chi connectivity index (χ4n) is 1.08. The van der Waals surface area contributed by atoms with Gasteiger partial charge >= 0.3 is 6.09 Å². The first-order chi connectivity index (χ1) is 7.33. The maximum atomic E-state index is 11.1. The molecule has 0 bridgehead atoms. The van der Waals surface area contributed by atoms with Gasteiger partial charge in [0.25, 0.3) is 0 Å². The third-order valence-electron chi connectivity index (χ3n) is 1.92. The number of carbonyl (C=O) groups is 1. The zero-order valence-corrected chi connectivity index (χ0v) is 8.95. The smallest absolute Gasteiger partial charge is 0.407 e. The minimum atomic E-state index is -0.352. The molecule has 0 spiro atoms. The Kier molecular flexibility index (Phi) is 5.29. The average Bonchev–Trinajstić information content (AvgIpc) is 2.71. The number of ether oxygens (including phenoxy) is 1. The van der Waals surface area contributed by atoms with Crippen molar-refractivity contribution in [2.45, 2.75) is 26.2 Å². The van der Waals surface area contributed by atoms with Crippen molar-refractivity contribution in [1.29, 1.82) is 0 Å². The van der Waals surface area contributed by atoms with E-state index >= 15 is 0 Å². The van der Waals surface area contributed by atoms with Crippen LogP contribution in [0.2, 0.25) is 0 Å². The second-order valence-electron chi connectivity index (χ2n) is 3.20. The van der Waals surface area contributed by atoms with Gasteiger partial charge < -0.3 is 15.0 Å². The van der Waals surface area contributed by atoms with E-state index in [9.17, 15) is 4.79 Å². The van der Waals surface area contributed by atoms with Crippen molar-refractivity contribution in [2.24, 2.45) is 0 Å². The molecule has 0 aliphatic carbocycles. The van der Waals surface area contributed by atoms with E-state index in [4.69, 9.17) is 4.74 Å². The van der Waals surface area contributed by atoms with Crippen LogP contribution in [0.1, 0.15) is 25.6 Å². The number of rotatable bonds is 6. The Morgan fingerprint density at radius 1 is 1.67 bits per heavy atom. The first-order valence-electron chi connectivity index (χ1n) is 5.21. The number of alkyl carbamates (subject to hydrolysis) is 1. The Bertz CT molecular complexity index is 272. The molecular weight excluding hydrogens is 194 g/mol. The normalized spacial score (nSPS) is 9.93. The van der Waals surface area contributed by atoms with Crippen LogP contribution in [0, 0.1) is 0 Å². The number of hydrogen-bond acceptors (Lipinski definition) is 3. The van der Waals surface area contributed by atoms with Gasteiger partial charge in [0.05, 0.1) is 6.61 Å². The molecule has 0 saturated carbocycles. The summed E-state index contributed by atoms with van der Waals surface area (Å²) in [5.74, 6) is 0.865. The fourth-order valence-corrected chi connectivity index (χ4v) is 1.08. The number of nitrogens with one attached hydrogen (secondary N) is 2. The van der Waals surface area contributed by atoms with Gasteiger partial charge in [-0.25, -0.2) is 9.78 Å². The maximum Gasteiger partial charge on any atom is 0.407 e. The van der Waals surface area contributed by atoms with Crippen LogP contribution in [0.4, 0.5) is 4.79 Å². The second-order valence-corrected chi connectivity index (χ2v) is 3.20. The number of aromatic amines is 1. The van der Waals surface area contributed by atoms with E-state index in [2.05, 4.69) is 22.2 Å². The molecule has 0 fully saturated rings. The van der Waals surface area contributed by atoms with E-state index in [0.717, 1.165) is 18.7 Å². The topological polar surface area (TPSA) is 67.0 Å². The number of imidazole rings is 1. The van der Waals surface area contributed by atoms with Crippen LogP contribution in [0.15, 0.2) is 12.4 Å². The summed E-state index contributed by atoms with van der Waals surface area (Å²) < 4.78 is 4.92. The van der Waals surface area contributed by atoms with Gasteiger partial charge in [-0.2, -0.15) is 0 Å². The number of hydrogen-bond donors (Lipinski definition) is 2. The molecule has 0 unspecified atom stereocenters. The van der Waals surface area contributed by atoms with Gasteiger partial charge in [0.2, 0.25) is 0 Å². The number of H-pyrrole nitrogens is 1. The van der Waals surface area contributed by atoms with E-state index in [1.165, 1.54) is 0 Å². The molecule has 1 amide bonds. The van der Waals surface area contributed by atoms with Crippen LogP contribution in [0.3, 0.4) is 0 Å². The quantitative estimate of drug-likeness (QED) is 0.700. The average molecular weight is 211 g/mol. The van der Waals surface area contributed by atoms with Gasteiger partial charge in [0, 0.05) is 25.4 Å². The highest BCUT2D eigenvalue weighted by Crippen LogP contribution is 1.90. The Morgan fingerprint density at radius 3 is 3.20 bits per heavy atom. The molecule has 1 heterocycles. The molecule has 1 rings (SSSR count). The summed E-state index contributed by atoms with van der Waals surface area (Å²) in [6.45, 7) is 3.08. The van der Waals surface area contributed by atoms with Crippen LogP contribution in [-0.4, -0.2) is 29.2 Å². The molecule has 0 aromatic carbocycles. The SMILES string of the molecule is CCCCOC(=O)NCCc1ncc[nH]1. The molecule has 0 atom stereocenters. The van der Waals surface area contributed by atoms with Crippen molar-refractivity contribution in [3.8, 4) is 0 Å². The Morgan fingerprint density at radius 2 is 2.53 bits per heavy atom. The maximum absolute atomic E-state index is 11.1. The van der Waals surface area contributed by atoms with Crippen molar-refractivity contribution >= 4 is 6.09 Å². The lowest BCUT2D eigenvalue weighted by Crippen LogP contribution is -2.27. The highest BCUT2D eigenvalue weighted by atomic mass is 16.5. The van der Waals surface area contributed by atoms with E-state index in [1.54, 1.807) is 12.4 Å². The summed E-state index contributed by atoms with van der Waals surface area (Å²) in [6.07, 6.45) is 5.72. The van der Waals surface area contributed by atoms with E-state index in [-0.39, 0.29) is 6.09 Å². The summed E-state index contributed by atoms with van der Waals surface area (Å²) in [5, 5.41) is 2.66. The largest absolute Gasteiger partial charge is 0.450 e. The molecule has 0 saturated heterocycles. The molecule has 5 heteroatoms. The van der Waals surface area contributed by atoms with Crippen molar-refractivity contribution in [3.63, 3.8) is 0 Å². The molecular formula is C10H17N3O2. The van der Waals surface area contributed by atoms with Gasteiger partial charge in [-0.3, -0.25) is 0 Å². The van der Waals surface area contributed by atoms with Crippen LogP contribution in [0.5, 0.6) is 0 Å². The number of aromatic nitrogens is 2. The fraction of sp³-hybridized carbons (Fsp3) is 0.600. The Labute approximate surface area is 89.2 Å². The van der Waals surface area contributed by atoms with E-state index in [1.807, 2.05) is 0 Å². The zero-order chi connectivity index (χ0) is 10.9. The summed E-state index contributed by atoms with van der Waals surface area (Å²) in [6, 6.07) is 0. The summed E-state index contributed by atoms with van der Waals surface area (Å²) in [7, 11) is 0. The molecule has 84 valence electrons. The van der Waals surface area contributed by atoms with Crippen molar-refractivity contribution in [1.82, 2.24) is 15.3 Å². The van der Waals surface area contributed by atoms with Gasteiger partial charge in [0.1, 0.15) is 5.82 Å². The lowest BCUT2D eigenvalue weighted by atomic mass is 10.4. The molecule has 15 heavy (non-hydrogen) atoms. The number of nitrogens with zero attached hydrogens (tertiary/aromatic N) is 1.